The number of rotatable bonds is 0. The van der Waals surface area contributed by atoms with Crippen molar-refractivity contribution in [2.24, 2.45) is 0 Å². The standard InChI is InChI=1S/C17H23N.C2H6/c1-16(2,3)13-9-10-14(17(4,5)6)15-12(13)8-7-11-18-15;1-2/h7-11H,1-6H3;1-2H3. The first-order chi connectivity index (χ1) is 9.21. The Morgan fingerprint density at radius 1 is 0.750 bits per heavy atom. The maximum absolute atomic E-state index is 4.62. The first kappa shape index (κ1) is 16.7. The molecule has 1 heteroatoms. The summed E-state index contributed by atoms with van der Waals surface area (Å²) >= 11 is 0. The molecule has 1 aromatic carbocycles. The van der Waals surface area contributed by atoms with Crippen molar-refractivity contribution < 1.29 is 0 Å². The Morgan fingerprint density at radius 2 is 1.25 bits per heavy atom. The lowest BCUT2D eigenvalue weighted by molar-refractivity contribution is 0.584. The molecule has 2 rings (SSSR count). The van der Waals surface area contributed by atoms with Gasteiger partial charge in [0.05, 0.1) is 5.52 Å². The van der Waals surface area contributed by atoms with Gasteiger partial charge in [-0.05, 0) is 28.0 Å². The summed E-state index contributed by atoms with van der Waals surface area (Å²) in [6.45, 7) is 17.5. The molecule has 0 saturated heterocycles. The Bertz CT molecular complexity index is 516. The minimum absolute atomic E-state index is 0.128. The van der Waals surface area contributed by atoms with E-state index in [-0.39, 0.29) is 10.8 Å². The predicted molar refractivity (Wildman–Crippen MR) is 90.5 cm³/mol. The first-order valence-corrected chi connectivity index (χ1v) is 7.60. The number of pyridine rings is 1. The van der Waals surface area contributed by atoms with Crippen LogP contribution in [0.2, 0.25) is 0 Å². The van der Waals surface area contributed by atoms with Crippen molar-refractivity contribution in [1.82, 2.24) is 4.98 Å². The minimum Gasteiger partial charge on any atom is -0.256 e. The molecule has 1 aromatic heterocycles. The molecule has 0 fully saturated rings. The van der Waals surface area contributed by atoms with E-state index >= 15 is 0 Å². The molecule has 0 spiro atoms. The van der Waals surface area contributed by atoms with Crippen LogP contribution >= 0.6 is 0 Å². The van der Waals surface area contributed by atoms with E-state index in [1.165, 1.54) is 16.5 Å². The molecule has 0 aliphatic rings. The van der Waals surface area contributed by atoms with E-state index in [0.717, 1.165) is 5.52 Å². The zero-order valence-electron chi connectivity index (χ0n) is 14.3. The fourth-order valence-corrected chi connectivity index (χ4v) is 2.43. The topological polar surface area (TPSA) is 12.9 Å². The Hall–Kier alpha value is -1.37. The molecule has 0 radical (unpaired) electrons. The lowest BCUT2D eigenvalue weighted by Gasteiger charge is -2.26. The van der Waals surface area contributed by atoms with Gasteiger partial charge in [0.15, 0.2) is 0 Å². The van der Waals surface area contributed by atoms with Gasteiger partial charge < -0.3 is 0 Å². The van der Waals surface area contributed by atoms with Crippen LogP contribution in [0.4, 0.5) is 0 Å². The molecule has 0 N–H and O–H groups in total. The third-order valence-corrected chi connectivity index (χ3v) is 3.39. The van der Waals surface area contributed by atoms with Crippen LogP contribution in [-0.2, 0) is 10.8 Å². The average Bonchev–Trinajstić information content (AvgIpc) is 2.37. The molecule has 1 nitrogen and oxygen atoms in total. The van der Waals surface area contributed by atoms with Gasteiger partial charge >= 0.3 is 0 Å². The third-order valence-electron chi connectivity index (χ3n) is 3.39. The SMILES string of the molecule is CC.CC(C)(C)c1ccc(C(C)(C)C)c2ncccc12. The fourth-order valence-electron chi connectivity index (χ4n) is 2.43. The molecule has 0 amide bonds. The second kappa shape index (κ2) is 5.95. The van der Waals surface area contributed by atoms with E-state index in [1.54, 1.807) is 0 Å². The highest BCUT2D eigenvalue weighted by Gasteiger charge is 2.22. The zero-order chi connectivity index (χ0) is 15.6. The van der Waals surface area contributed by atoms with Gasteiger partial charge in [0.1, 0.15) is 0 Å². The zero-order valence-corrected chi connectivity index (χ0v) is 14.3. The number of hydrogen-bond donors (Lipinski definition) is 0. The molecule has 2 aromatic rings. The van der Waals surface area contributed by atoms with Crippen LogP contribution in [-0.4, -0.2) is 4.98 Å². The summed E-state index contributed by atoms with van der Waals surface area (Å²) in [5.41, 5.74) is 4.13. The van der Waals surface area contributed by atoms with E-state index in [0.29, 0.717) is 0 Å². The highest BCUT2D eigenvalue weighted by Crippen LogP contribution is 2.35. The maximum atomic E-state index is 4.62. The number of hydrogen-bond acceptors (Lipinski definition) is 1. The molecule has 1 heterocycles. The van der Waals surface area contributed by atoms with Crippen LogP contribution in [0, 0.1) is 0 Å². The van der Waals surface area contributed by atoms with Gasteiger partial charge in [-0.25, -0.2) is 0 Å². The molecule has 0 unspecified atom stereocenters. The summed E-state index contributed by atoms with van der Waals surface area (Å²) in [5, 5.41) is 1.29. The second-order valence-corrected chi connectivity index (χ2v) is 7.06. The highest BCUT2D eigenvalue weighted by atomic mass is 14.7. The Morgan fingerprint density at radius 3 is 1.75 bits per heavy atom. The van der Waals surface area contributed by atoms with Crippen LogP contribution in [0.25, 0.3) is 10.9 Å². The quantitative estimate of drug-likeness (QED) is 0.585. The molecule has 0 atom stereocenters. The Balaban J connectivity index is 0.000000956. The largest absolute Gasteiger partial charge is 0.256 e. The Kier molecular flexibility index (Phi) is 4.96. The highest BCUT2D eigenvalue weighted by molar-refractivity contribution is 5.86. The minimum atomic E-state index is 0.128. The van der Waals surface area contributed by atoms with Crippen LogP contribution in [0.15, 0.2) is 30.5 Å². The van der Waals surface area contributed by atoms with E-state index in [4.69, 9.17) is 0 Å². The molecule has 20 heavy (non-hydrogen) atoms. The third kappa shape index (κ3) is 3.39. The number of aromatic nitrogens is 1. The lowest BCUT2D eigenvalue weighted by atomic mass is 9.79. The monoisotopic (exact) mass is 271 g/mol. The molecule has 0 aliphatic carbocycles. The smallest absolute Gasteiger partial charge is 0.0742 e. The van der Waals surface area contributed by atoms with Crippen molar-refractivity contribution >= 4 is 10.9 Å². The summed E-state index contributed by atoms with van der Waals surface area (Å²) < 4.78 is 0. The maximum Gasteiger partial charge on any atom is 0.0742 e. The van der Waals surface area contributed by atoms with Crippen molar-refractivity contribution in [1.29, 1.82) is 0 Å². The van der Waals surface area contributed by atoms with Crippen molar-refractivity contribution in [3.8, 4) is 0 Å². The number of nitrogens with zero attached hydrogens (tertiary/aromatic N) is 1. The lowest BCUT2D eigenvalue weighted by Crippen LogP contribution is -2.16. The molecule has 0 bridgehead atoms. The van der Waals surface area contributed by atoms with Crippen molar-refractivity contribution in [2.75, 3.05) is 0 Å². The normalized spacial score (nSPS) is 12.0. The number of fused-ring (bicyclic) bond motifs is 1. The average molecular weight is 271 g/mol. The van der Waals surface area contributed by atoms with Crippen molar-refractivity contribution in [3.05, 3.63) is 41.6 Å². The molecule has 0 aliphatic heterocycles. The number of benzene rings is 1. The fraction of sp³-hybridized carbons (Fsp3) is 0.526. The molecular weight excluding hydrogens is 242 g/mol. The summed E-state index contributed by atoms with van der Waals surface area (Å²) in [4.78, 5) is 4.62. The van der Waals surface area contributed by atoms with Crippen LogP contribution in [0.5, 0.6) is 0 Å². The van der Waals surface area contributed by atoms with Gasteiger partial charge in [-0.2, -0.15) is 0 Å². The van der Waals surface area contributed by atoms with Gasteiger partial charge in [-0.1, -0.05) is 73.6 Å². The van der Waals surface area contributed by atoms with Gasteiger partial charge in [0, 0.05) is 11.6 Å². The van der Waals surface area contributed by atoms with Gasteiger partial charge in [0.25, 0.3) is 0 Å². The van der Waals surface area contributed by atoms with E-state index in [9.17, 15) is 0 Å². The summed E-state index contributed by atoms with van der Waals surface area (Å²) in [5.74, 6) is 0. The summed E-state index contributed by atoms with van der Waals surface area (Å²) in [6.07, 6.45) is 1.89. The molecule has 0 saturated carbocycles. The van der Waals surface area contributed by atoms with Crippen LogP contribution < -0.4 is 0 Å². The van der Waals surface area contributed by atoms with Gasteiger partial charge in [-0.3, -0.25) is 4.98 Å². The predicted octanol–water partition coefficient (Wildman–Crippen LogP) is 5.86. The summed E-state index contributed by atoms with van der Waals surface area (Å²) in [7, 11) is 0. The van der Waals surface area contributed by atoms with E-state index < -0.39 is 0 Å². The van der Waals surface area contributed by atoms with Crippen molar-refractivity contribution in [3.63, 3.8) is 0 Å². The second-order valence-electron chi connectivity index (χ2n) is 7.06. The molecule has 110 valence electrons. The van der Waals surface area contributed by atoms with E-state index in [2.05, 4.69) is 64.7 Å². The van der Waals surface area contributed by atoms with Crippen LogP contribution in [0.3, 0.4) is 0 Å². The van der Waals surface area contributed by atoms with Gasteiger partial charge in [0.2, 0.25) is 0 Å². The summed E-state index contributed by atoms with van der Waals surface area (Å²) in [6, 6.07) is 8.74. The van der Waals surface area contributed by atoms with Gasteiger partial charge in [-0.15, -0.1) is 0 Å². The Labute approximate surface area is 124 Å². The first-order valence-electron chi connectivity index (χ1n) is 7.60. The van der Waals surface area contributed by atoms with E-state index in [1.807, 2.05) is 26.1 Å². The molecular formula is C19H29N. The van der Waals surface area contributed by atoms with Crippen LogP contribution in [0.1, 0.15) is 66.5 Å². The van der Waals surface area contributed by atoms with Crippen molar-refractivity contribution in [2.45, 2.75) is 66.2 Å².